The number of thiazole rings is 1. The molecule has 1 aromatic carbocycles. The van der Waals surface area contributed by atoms with Crippen LogP contribution in [0.25, 0.3) is 16.0 Å². The molecule has 3 fully saturated rings. The number of carbonyl (C=O) groups excluding carboxylic acids is 1. The number of anilines is 2. The second-order valence-electron chi connectivity index (χ2n) is 10.3. The summed E-state index contributed by atoms with van der Waals surface area (Å²) in [5.41, 5.74) is 1.74. The molecule has 194 valence electrons. The van der Waals surface area contributed by atoms with Crippen molar-refractivity contribution in [2.24, 2.45) is 0 Å². The van der Waals surface area contributed by atoms with Crippen LogP contribution in [0.15, 0.2) is 55.0 Å². The van der Waals surface area contributed by atoms with Crippen molar-refractivity contribution in [2.75, 3.05) is 29.9 Å². The van der Waals surface area contributed by atoms with E-state index in [2.05, 4.69) is 21.4 Å². The Morgan fingerprint density at radius 2 is 2.03 bits per heavy atom. The van der Waals surface area contributed by atoms with Gasteiger partial charge in [-0.3, -0.25) is 0 Å². The van der Waals surface area contributed by atoms with E-state index < -0.39 is 5.60 Å². The van der Waals surface area contributed by atoms with Gasteiger partial charge in [0, 0.05) is 30.5 Å². The molecule has 4 aromatic rings. The van der Waals surface area contributed by atoms with Crippen molar-refractivity contribution >= 4 is 33.7 Å². The minimum absolute atomic E-state index is 0.0630. The number of rotatable bonds is 6. The predicted octanol–water partition coefficient (Wildman–Crippen LogP) is 3.97. The Balaban J connectivity index is 1.22. The van der Waals surface area contributed by atoms with Crippen molar-refractivity contribution in [3.05, 3.63) is 60.6 Å². The number of urea groups is 1. The summed E-state index contributed by atoms with van der Waals surface area (Å²) in [6.07, 6.45) is 6.04. The second-order valence-corrected chi connectivity index (χ2v) is 11.3. The lowest BCUT2D eigenvalue weighted by Crippen LogP contribution is -2.71. The summed E-state index contributed by atoms with van der Waals surface area (Å²) in [4.78, 5) is 22.6. The number of pyridine rings is 1. The third-order valence-corrected chi connectivity index (χ3v) is 7.87. The lowest BCUT2D eigenvalue weighted by atomic mass is 9.88. The number of para-hydroxylation sites is 1. The summed E-state index contributed by atoms with van der Waals surface area (Å²) in [5, 5.41) is 27.9. The molecule has 3 saturated heterocycles. The maximum Gasteiger partial charge on any atom is 0.322 e. The first-order chi connectivity index (χ1) is 18.3. The molecule has 10 nitrogen and oxygen atoms in total. The van der Waals surface area contributed by atoms with Crippen LogP contribution in [-0.4, -0.2) is 68.0 Å². The van der Waals surface area contributed by atoms with Gasteiger partial charge in [0.2, 0.25) is 0 Å². The second kappa shape index (κ2) is 9.31. The highest BCUT2D eigenvalue weighted by molar-refractivity contribution is 7.19. The molecule has 3 aliphatic rings. The third-order valence-electron chi connectivity index (χ3n) is 6.78. The summed E-state index contributed by atoms with van der Waals surface area (Å²) < 4.78 is 7.47. The van der Waals surface area contributed by atoms with Gasteiger partial charge in [-0.2, -0.15) is 10.4 Å². The molecule has 7 rings (SSSR count). The van der Waals surface area contributed by atoms with E-state index in [1.165, 1.54) is 17.5 Å². The number of aromatic nitrogens is 3. The van der Waals surface area contributed by atoms with Crippen LogP contribution in [0.1, 0.15) is 25.8 Å². The Labute approximate surface area is 223 Å². The molecule has 2 atom stereocenters. The number of piperidine rings is 1. The van der Waals surface area contributed by atoms with Gasteiger partial charge in [-0.15, -0.1) is 0 Å². The number of benzene rings is 1. The van der Waals surface area contributed by atoms with Crippen LogP contribution in [0, 0.1) is 11.3 Å². The van der Waals surface area contributed by atoms with Crippen LogP contribution in [0.5, 0.6) is 5.75 Å². The molecule has 2 amide bonds. The predicted molar refractivity (Wildman–Crippen MR) is 145 cm³/mol. The van der Waals surface area contributed by atoms with Crippen molar-refractivity contribution in [2.45, 2.75) is 38.0 Å². The van der Waals surface area contributed by atoms with E-state index in [1.807, 2.05) is 47.5 Å². The first-order valence-electron chi connectivity index (χ1n) is 12.4. The Hall–Kier alpha value is -4.14. The van der Waals surface area contributed by atoms with E-state index >= 15 is 0 Å². The Kier molecular flexibility index (Phi) is 5.93. The average Bonchev–Trinajstić information content (AvgIpc) is 3.55. The van der Waals surface area contributed by atoms with Crippen molar-refractivity contribution in [3.63, 3.8) is 0 Å². The van der Waals surface area contributed by atoms with Gasteiger partial charge >= 0.3 is 6.03 Å². The van der Waals surface area contributed by atoms with Crippen molar-refractivity contribution in [1.29, 1.82) is 5.26 Å². The fraction of sp³-hybridized carbons (Fsp3) is 0.333. The Morgan fingerprint density at radius 1 is 1.26 bits per heavy atom. The summed E-state index contributed by atoms with van der Waals surface area (Å²) in [7, 11) is 0. The number of nitrogens with zero attached hydrogens (tertiary/aromatic N) is 6. The molecule has 2 bridgehead atoms. The fourth-order valence-corrected chi connectivity index (χ4v) is 6.00. The summed E-state index contributed by atoms with van der Waals surface area (Å²) in [5.74, 6) is 0.538. The third kappa shape index (κ3) is 4.53. The van der Waals surface area contributed by atoms with Crippen LogP contribution < -0.4 is 15.0 Å². The van der Waals surface area contributed by atoms with Gasteiger partial charge in [0.05, 0.1) is 46.0 Å². The number of carbonyl (C=O) groups is 1. The van der Waals surface area contributed by atoms with E-state index in [-0.39, 0.29) is 24.7 Å². The van der Waals surface area contributed by atoms with Gasteiger partial charge in [-0.05, 0) is 38.5 Å². The number of ether oxygens (including phenoxy) is 1. The molecule has 2 unspecified atom stereocenters. The first-order valence-corrected chi connectivity index (χ1v) is 13.2. The Bertz CT molecular complexity index is 1520. The molecule has 0 saturated carbocycles. The summed E-state index contributed by atoms with van der Waals surface area (Å²) >= 11 is 1.54. The van der Waals surface area contributed by atoms with Gasteiger partial charge in [0.15, 0.2) is 5.13 Å². The van der Waals surface area contributed by atoms with Gasteiger partial charge < -0.3 is 25.0 Å². The number of nitrogens with one attached hydrogen (secondary N) is 1. The van der Waals surface area contributed by atoms with E-state index in [0.29, 0.717) is 29.9 Å². The van der Waals surface area contributed by atoms with Crippen LogP contribution in [-0.2, 0) is 0 Å². The number of hydrogen-bond donors (Lipinski definition) is 2. The highest BCUT2D eigenvalue weighted by atomic mass is 32.1. The monoisotopic (exact) mass is 529 g/mol. The number of piperazine rings is 1. The highest BCUT2D eigenvalue weighted by Gasteiger charge is 2.47. The normalized spacial score (nSPS) is 18.7. The van der Waals surface area contributed by atoms with E-state index in [4.69, 9.17) is 9.72 Å². The van der Waals surface area contributed by atoms with Gasteiger partial charge in [-0.1, -0.05) is 29.5 Å². The molecule has 0 aliphatic carbocycles. The minimum Gasteiger partial charge on any atom is -0.489 e. The molecule has 38 heavy (non-hydrogen) atoms. The molecule has 2 N–H and O–H groups in total. The number of hydrogen-bond acceptors (Lipinski definition) is 8. The molecule has 3 aromatic heterocycles. The Morgan fingerprint density at radius 3 is 2.74 bits per heavy atom. The molecule has 0 radical (unpaired) electrons. The van der Waals surface area contributed by atoms with Crippen molar-refractivity contribution in [3.8, 4) is 22.3 Å². The summed E-state index contributed by atoms with van der Waals surface area (Å²) in [6.45, 7) is 4.90. The van der Waals surface area contributed by atoms with Crippen LogP contribution in [0.2, 0.25) is 0 Å². The fourth-order valence-electron chi connectivity index (χ4n) is 5.05. The van der Waals surface area contributed by atoms with Crippen molar-refractivity contribution < 1.29 is 14.6 Å². The lowest BCUT2D eigenvalue weighted by Gasteiger charge is -2.55. The largest absolute Gasteiger partial charge is 0.489 e. The maximum atomic E-state index is 12.9. The maximum absolute atomic E-state index is 12.9. The zero-order valence-electron chi connectivity index (χ0n) is 21.0. The van der Waals surface area contributed by atoms with Crippen LogP contribution in [0.3, 0.4) is 0 Å². The number of amides is 2. The van der Waals surface area contributed by atoms with E-state index in [0.717, 1.165) is 27.7 Å². The van der Waals surface area contributed by atoms with Crippen LogP contribution >= 0.6 is 11.3 Å². The number of nitriles is 1. The van der Waals surface area contributed by atoms with Gasteiger partial charge in [0.1, 0.15) is 18.4 Å². The molecule has 6 heterocycles. The standard InChI is InChI=1S/C27H27N7O3S/c1-27(2,36)16-37-21-9-22(24-17(10-28)11-30-33(24)15-21)23-12-29-26(38-23)32-13-19-8-20(14-32)34(19)25(35)31-18-6-4-3-5-7-18/h3-7,9,11-12,15,19-20,36H,8,13-14,16H2,1-2H3,(H,31,35). The highest BCUT2D eigenvalue weighted by Crippen LogP contribution is 2.40. The molecule has 11 heteroatoms. The van der Waals surface area contributed by atoms with E-state index in [9.17, 15) is 15.2 Å². The molecular formula is C27H27N7O3S. The first kappa shape index (κ1) is 24.2. The average molecular weight is 530 g/mol. The summed E-state index contributed by atoms with van der Waals surface area (Å²) in [6, 6.07) is 13.8. The zero-order valence-corrected chi connectivity index (χ0v) is 21.9. The van der Waals surface area contributed by atoms with Gasteiger partial charge in [0.25, 0.3) is 0 Å². The molecule has 3 aliphatic heterocycles. The van der Waals surface area contributed by atoms with E-state index in [1.54, 1.807) is 24.6 Å². The zero-order chi connectivity index (χ0) is 26.4. The SMILES string of the molecule is CC(C)(O)COc1cc(-c2cnc(N3CC4CC(C3)N4C(=O)Nc3ccccc3)s2)c2c(C#N)cnn2c1. The smallest absolute Gasteiger partial charge is 0.322 e. The number of fused-ring (bicyclic) bond motifs is 3. The van der Waals surface area contributed by atoms with Gasteiger partial charge in [-0.25, -0.2) is 14.3 Å². The minimum atomic E-state index is -0.990. The topological polar surface area (TPSA) is 119 Å². The molecular weight excluding hydrogens is 502 g/mol. The quantitative estimate of drug-likeness (QED) is 0.388. The molecule has 0 spiro atoms. The number of aliphatic hydroxyl groups is 1. The lowest BCUT2D eigenvalue weighted by molar-refractivity contribution is 0.0283. The van der Waals surface area contributed by atoms with Crippen molar-refractivity contribution in [1.82, 2.24) is 19.5 Å². The van der Waals surface area contributed by atoms with Crippen LogP contribution in [0.4, 0.5) is 15.6 Å².